The highest BCUT2D eigenvalue weighted by Gasteiger charge is 2.20. The predicted octanol–water partition coefficient (Wildman–Crippen LogP) is 21.5. The molecule has 0 saturated heterocycles. The fourth-order valence-corrected chi connectivity index (χ4v) is 10.5. The van der Waals surface area contributed by atoms with Crippen molar-refractivity contribution in [3.63, 3.8) is 0 Å². The first-order valence-electron chi connectivity index (χ1n) is 33.7. The zero-order valence-electron chi connectivity index (χ0n) is 50.5. The van der Waals surface area contributed by atoms with Crippen molar-refractivity contribution in [1.82, 2.24) is 5.32 Å². The number of hydrogen-bond donors (Lipinski definition) is 3. The topological polar surface area (TPSA) is 95.9 Å². The van der Waals surface area contributed by atoms with Crippen LogP contribution >= 0.6 is 0 Å². The summed E-state index contributed by atoms with van der Waals surface area (Å²) in [5, 5.41) is 23.3. The van der Waals surface area contributed by atoms with Crippen molar-refractivity contribution in [2.24, 2.45) is 0 Å². The number of esters is 1. The van der Waals surface area contributed by atoms with E-state index in [1.807, 2.05) is 0 Å². The minimum absolute atomic E-state index is 0.00320. The Bertz CT molecular complexity index is 1210. The third-order valence-corrected chi connectivity index (χ3v) is 15.7. The van der Waals surface area contributed by atoms with Crippen molar-refractivity contribution in [2.75, 3.05) is 13.2 Å². The van der Waals surface area contributed by atoms with Gasteiger partial charge in [0.15, 0.2) is 0 Å². The standard InChI is InChI=1S/C69H131NO5/c1-3-5-7-9-11-13-15-17-18-35-39-43-47-51-55-59-63-69(74)75-64-60-56-52-48-44-40-36-33-31-29-27-25-23-21-19-20-22-24-26-28-30-32-34-38-42-46-50-54-58-62-68(73)70-66(65-71)67(72)61-57-53-49-45-41-37-16-14-12-10-8-6-4-2/h13,15,18-19,21,35,66-67,71-72H,3-12,14,16-17,20,22-34,36-65H2,1-2H3,(H,70,73)/b15-13-,21-19-,35-18-. The SMILES string of the molecule is CCCCCC/C=C\C/C=C\CCCCCCCC(=O)OCCCCCCCCCCCCCC/C=C\CCCCCCCCCCCCCCCC(=O)NC(CO)C(O)CCCCCCCCCCCCCCC. The summed E-state index contributed by atoms with van der Waals surface area (Å²) in [4.78, 5) is 24.6. The molecule has 0 rings (SSSR count). The van der Waals surface area contributed by atoms with Crippen LogP contribution in [-0.4, -0.2) is 47.4 Å². The van der Waals surface area contributed by atoms with Gasteiger partial charge >= 0.3 is 5.97 Å². The lowest BCUT2D eigenvalue weighted by molar-refractivity contribution is -0.143. The van der Waals surface area contributed by atoms with Gasteiger partial charge in [-0.2, -0.15) is 0 Å². The molecule has 0 aliphatic heterocycles. The maximum Gasteiger partial charge on any atom is 0.305 e. The highest BCUT2D eigenvalue weighted by molar-refractivity contribution is 5.76. The fourth-order valence-electron chi connectivity index (χ4n) is 10.5. The minimum Gasteiger partial charge on any atom is -0.466 e. The summed E-state index contributed by atoms with van der Waals surface area (Å²) in [7, 11) is 0. The number of rotatable bonds is 63. The summed E-state index contributed by atoms with van der Waals surface area (Å²) < 4.78 is 5.49. The van der Waals surface area contributed by atoms with E-state index in [2.05, 4.69) is 55.6 Å². The van der Waals surface area contributed by atoms with Gasteiger partial charge in [-0.1, -0.05) is 307 Å². The van der Waals surface area contributed by atoms with Crippen LogP contribution in [0, 0.1) is 0 Å². The molecule has 0 bridgehead atoms. The van der Waals surface area contributed by atoms with Gasteiger partial charge in [0, 0.05) is 12.8 Å². The smallest absolute Gasteiger partial charge is 0.305 e. The van der Waals surface area contributed by atoms with E-state index in [-0.39, 0.29) is 18.5 Å². The molecule has 6 heteroatoms. The van der Waals surface area contributed by atoms with Crippen LogP contribution in [0.1, 0.15) is 367 Å². The molecule has 0 spiro atoms. The van der Waals surface area contributed by atoms with Crippen molar-refractivity contribution in [3.8, 4) is 0 Å². The first kappa shape index (κ1) is 73.1. The van der Waals surface area contributed by atoms with Gasteiger partial charge in [-0.3, -0.25) is 9.59 Å². The maximum absolute atomic E-state index is 12.5. The van der Waals surface area contributed by atoms with Crippen LogP contribution in [0.3, 0.4) is 0 Å². The van der Waals surface area contributed by atoms with Gasteiger partial charge < -0.3 is 20.3 Å². The van der Waals surface area contributed by atoms with Crippen molar-refractivity contribution < 1.29 is 24.5 Å². The highest BCUT2D eigenvalue weighted by Crippen LogP contribution is 2.18. The Hall–Kier alpha value is -1.92. The maximum atomic E-state index is 12.5. The van der Waals surface area contributed by atoms with Gasteiger partial charge in [-0.05, 0) is 83.5 Å². The number of carbonyl (C=O) groups is 2. The molecule has 1 amide bonds. The molecule has 0 aromatic heterocycles. The van der Waals surface area contributed by atoms with Crippen molar-refractivity contribution in [1.29, 1.82) is 0 Å². The Morgan fingerprint density at radius 1 is 0.373 bits per heavy atom. The lowest BCUT2D eigenvalue weighted by atomic mass is 10.0. The van der Waals surface area contributed by atoms with Crippen LogP contribution < -0.4 is 5.32 Å². The molecule has 0 fully saturated rings. The van der Waals surface area contributed by atoms with Gasteiger partial charge in [0.25, 0.3) is 0 Å². The fraction of sp³-hybridized carbons (Fsp3) is 0.884. The van der Waals surface area contributed by atoms with Crippen LogP contribution in [-0.2, 0) is 14.3 Å². The number of allylic oxidation sites excluding steroid dienone is 6. The van der Waals surface area contributed by atoms with E-state index in [0.717, 1.165) is 51.4 Å². The van der Waals surface area contributed by atoms with E-state index in [9.17, 15) is 19.8 Å². The van der Waals surface area contributed by atoms with Crippen LogP contribution in [0.2, 0.25) is 0 Å². The molecule has 75 heavy (non-hydrogen) atoms. The third kappa shape index (κ3) is 61.2. The number of carbonyl (C=O) groups excluding carboxylic acids is 2. The average Bonchev–Trinajstić information content (AvgIpc) is 3.41. The molecule has 0 aliphatic rings. The lowest BCUT2D eigenvalue weighted by Gasteiger charge is -2.22. The zero-order valence-corrected chi connectivity index (χ0v) is 50.5. The summed E-state index contributed by atoms with van der Waals surface area (Å²) in [6.45, 7) is 4.95. The molecule has 0 heterocycles. The largest absolute Gasteiger partial charge is 0.466 e. The molecular formula is C69H131NO5. The van der Waals surface area contributed by atoms with Crippen molar-refractivity contribution in [2.45, 2.75) is 379 Å². The van der Waals surface area contributed by atoms with Gasteiger partial charge in [0.2, 0.25) is 5.91 Å². The zero-order chi connectivity index (χ0) is 54.3. The molecule has 0 radical (unpaired) electrons. The molecule has 2 atom stereocenters. The first-order valence-corrected chi connectivity index (χ1v) is 33.7. The lowest BCUT2D eigenvalue weighted by Crippen LogP contribution is -2.45. The van der Waals surface area contributed by atoms with Gasteiger partial charge in [0.05, 0.1) is 25.4 Å². The van der Waals surface area contributed by atoms with E-state index in [1.54, 1.807) is 0 Å². The number of aliphatic hydroxyl groups is 2. The number of aliphatic hydroxyl groups excluding tert-OH is 2. The number of hydrogen-bond acceptors (Lipinski definition) is 5. The monoisotopic (exact) mass is 1050 g/mol. The number of amides is 1. The van der Waals surface area contributed by atoms with E-state index in [4.69, 9.17) is 4.74 Å². The summed E-state index contributed by atoms with van der Waals surface area (Å²) in [5.41, 5.74) is 0. The second-order valence-electron chi connectivity index (χ2n) is 23.1. The molecule has 6 nitrogen and oxygen atoms in total. The van der Waals surface area contributed by atoms with Gasteiger partial charge in [-0.25, -0.2) is 0 Å². The van der Waals surface area contributed by atoms with E-state index >= 15 is 0 Å². The second kappa shape index (κ2) is 64.6. The molecule has 0 aliphatic carbocycles. The van der Waals surface area contributed by atoms with Gasteiger partial charge in [0.1, 0.15) is 0 Å². The molecule has 0 saturated carbocycles. The van der Waals surface area contributed by atoms with Crippen LogP contribution in [0.5, 0.6) is 0 Å². The van der Waals surface area contributed by atoms with Crippen molar-refractivity contribution in [3.05, 3.63) is 36.5 Å². The molecule has 442 valence electrons. The van der Waals surface area contributed by atoms with Crippen LogP contribution in [0.15, 0.2) is 36.5 Å². The van der Waals surface area contributed by atoms with E-state index in [0.29, 0.717) is 25.9 Å². The average molecular weight is 1050 g/mol. The Balaban J connectivity index is 3.36. The number of ether oxygens (including phenoxy) is 1. The first-order chi connectivity index (χ1) is 37.0. The molecule has 2 unspecified atom stereocenters. The van der Waals surface area contributed by atoms with E-state index in [1.165, 1.54) is 283 Å². The summed E-state index contributed by atoms with van der Waals surface area (Å²) in [6.07, 6.45) is 81.8. The highest BCUT2D eigenvalue weighted by atomic mass is 16.5. The van der Waals surface area contributed by atoms with Crippen molar-refractivity contribution >= 4 is 11.9 Å². The number of nitrogens with one attached hydrogen (secondary N) is 1. The quantitative estimate of drug-likeness (QED) is 0.0320. The number of unbranched alkanes of at least 4 members (excludes halogenated alkanes) is 46. The predicted molar refractivity (Wildman–Crippen MR) is 329 cm³/mol. The van der Waals surface area contributed by atoms with Crippen LogP contribution in [0.25, 0.3) is 0 Å². The van der Waals surface area contributed by atoms with Crippen LogP contribution in [0.4, 0.5) is 0 Å². The Morgan fingerprint density at radius 2 is 0.667 bits per heavy atom. The second-order valence-corrected chi connectivity index (χ2v) is 23.1. The Kier molecular flexibility index (Phi) is 63.0. The summed E-state index contributed by atoms with van der Waals surface area (Å²) in [5.74, 6) is -0.0297. The Morgan fingerprint density at radius 3 is 1.04 bits per heavy atom. The van der Waals surface area contributed by atoms with Gasteiger partial charge in [-0.15, -0.1) is 0 Å². The van der Waals surface area contributed by atoms with E-state index < -0.39 is 12.1 Å². The summed E-state index contributed by atoms with van der Waals surface area (Å²) in [6, 6.07) is -0.540. The molecular weight excluding hydrogens is 923 g/mol. The summed E-state index contributed by atoms with van der Waals surface area (Å²) >= 11 is 0. The minimum atomic E-state index is -0.663. The molecule has 3 N–H and O–H groups in total. The molecule has 0 aromatic rings. The normalized spacial score (nSPS) is 12.7. The Labute approximate surface area is 468 Å². The third-order valence-electron chi connectivity index (χ3n) is 15.7. The molecule has 0 aromatic carbocycles.